The average molecular weight is 441 g/mol. The van der Waals surface area contributed by atoms with Crippen molar-refractivity contribution >= 4 is 33.7 Å². The molecule has 32 heavy (non-hydrogen) atoms. The molecule has 7 heteroatoms. The third-order valence-electron chi connectivity index (χ3n) is 5.01. The van der Waals surface area contributed by atoms with E-state index < -0.39 is 0 Å². The number of H-pyrrole nitrogens is 1. The summed E-state index contributed by atoms with van der Waals surface area (Å²) in [4.78, 5) is 29.9. The highest BCUT2D eigenvalue weighted by molar-refractivity contribution is 6.35. The predicted molar refractivity (Wildman–Crippen MR) is 127 cm³/mol. The zero-order valence-electron chi connectivity index (χ0n) is 16.9. The van der Waals surface area contributed by atoms with Gasteiger partial charge in [-0.3, -0.25) is 9.78 Å². The fourth-order valence-corrected chi connectivity index (χ4v) is 3.82. The van der Waals surface area contributed by atoms with Gasteiger partial charge in [0.1, 0.15) is 6.61 Å². The molecule has 0 radical (unpaired) electrons. The molecule has 1 N–H and O–H groups in total. The average Bonchev–Trinajstić information content (AvgIpc) is 2.83. The number of halogens is 1. The van der Waals surface area contributed by atoms with E-state index in [9.17, 15) is 4.79 Å². The second kappa shape index (κ2) is 8.24. The van der Waals surface area contributed by atoms with Crippen LogP contribution < -0.4 is 10.2 Å². The Kier molecular flexibility index (Phi) is 5.13. The van der Waals surface area contributed by atoms with E-state index in [1.165, 1.54) is 6.20 Å². The molecule has 5 rings (SSSR count). The Bertz CT molecular complexity index is 1530. The summed E-state index contributed by atoms with van der Waals surface area (Å²) in [7, 11) is 0. The molecule has 0 aliphatic rings. The van der Waals surface area contributed by atoms with E-state index in [0.717, 1.165) is 16.5 Å². The number of hydrogen-bond acceptors (Lipinski definition) is 5. The van der Waals surface area contributed by atoms with Crippen molar-refractivity contribution in [2.45, 2.75) is 0 Å². The van der Waals surface area contributed by atoms with Crippen molar-refractivity contribution in [2.24, 2.45) is 0 Å². The number of rotatable bonds is 5. The first-order valence-corrected chi connectivity index (χ1v) is 10.3. The lowest BCUT2D eigenvalue weighted by Crippen LogP contribution is -2.12. The Morgan fingerprint density at radius 2 is 1.81 bits per heavy atom. The van der Waals surface area contributed by atoms with Crippen molar-refractivity contribution in [1.29, 1.82) is 0 Å². The van der Waals surface area contributed by atoms with Crippen LogP contribution in [0.5, 0.6) is 5.75 Å². The van der Waals surface area contributed by atoms with Gasteiger partial charge in [0, 0.05) is 28.9 Å². The van der Waals surface area contributed by atoms with Crippen molar-refractivity contribution in [3.05, 3.63) is 94.9 Å². The van der Waals surface area contributed by atoms with Gasteiger partial charge < -0.3 is 9.72 Å². The summed E-state index contributed by atoms with van der Waals surface area (Å²) in [6.07, 6.45) is 4.77. The Hall–Kier alpha value is -4.03. The molecule has 0 fully saturated rings. The number of fused-ring (bicyclic) bond motifs is 2. The van der Waals surface area contributed by atoms with E-state index in [2.05, 4.69) is 16.5 Å². The first-order chi connectivity index (χ1) is 15.7. The highest BCUT2D eigenvalue weighted by atomic mass is 35.5. The molecule has 0 amide bonds. The van der Waals surface area contributed by atoms with Gasteiger partial charge in [-0.1, -0.05) is 60.7 Å². The number of ether oxygens (including phenoxy) is 1. The van der Waals surface area contributed by atoms with Gasteiger partial charge in [0.2, 0.25) is 0 Å². The minimum absolute atomic E-state index is 0.158. The summed E-state index contributed by atoms with van der Waals surface area (Å²) >= 11 is 6.53. The number of nitrogens with zero attached hydrogens (tertiary/aromatic N) is 3. The zero-order valence-corrected chi connectivity index (χ0v) is 17.6. The van der Waals surface area contributed by atoms with Gasteiger partial charge in [-0.15, -0.1) is 0 Å². The Labute approximate surface area is 188 Å². The zero-order chi connectivity index (χ0) is 22.1. The monoisotopic (exact) mass is 440 g/mol. The van der Waals surface area contributed by atoms with E-state index >= 15 is 0 Å². The van der Waals surface area contributed by atoms with Crippen LogP contribution in [0.25, 0.3) is 44.6 Å². The predicted octanol–water partition coefficient (Wildman–Crippen LogP) is 5.42. The molecule has 3 aromatic heterocycles. The van der Waals surface area contributed by atoms with Crippen LogP contribution in [0.2, 0.25) is 5.02 Å². The number of hydrogen-bond donors (Lipinski definition) is 1. The standard InChI is InChI=1S/C25H17ClN4O2/c1-2-11-32-19-14-28-25-23(24(19)31)29-22(21(30-25)15-7-4-3-5-8-15)17-12-16-9-6-10-27-20(16)18(26)13-17/h2-10,12-14H,1,11H2,(H,28,30,31). The van der Waals surface area contributed by atoms with Crippen molar-refractivity contribution in [2.75, 3.05) is 6.61 Å². The summed E-state index contributed by atoms with van der Waals surface area (Å²) in [6.45, 7) is 3.83. The molecule has 0 aliphatic heterocycles. The Balaban J connectivity index is 1.81. The van der Waals surface area contributed by atoms with Crippen LogP contribution >= 0.6 is 11.6 Å². The van der Waals surface area contributed by atoms with Crippen molar-refractivity contribution < 1.29 is 4.74 Å². The maximum absolute atomic E-state index is 13.0. The SMILES string of the molecule is C=CCOc1c[nH]c2nc(-c3ccccc3)c(-c3cc(Cl)c4ncccc4c3)nc2c1=O. The molecule has 0 saturated heterocycles. The largest absolute Gasteiger partial charge is 0.484 e. The molecule has 3 heterocycles. The van der Waals surface area contributed by atoms with E-state index in [0.29, 0.717) is 27.6 Å². The molecular weight excluding hydrogens is 424 g/mol. The minimum Gasteiger partial charge on any atom is -0.484 e. The van der Waals surface area contributed by atoms with Gasteiger partial charge in [0.05, 0.1) is 21.9 Å². The number of nitrogens with one attached hydrogen (secondary N) is 1. The third-order valence-corrected chi connectivity index (χ3v) is 5.30. The fourth-order valence-electron chi connectivity index (χ4n) is 3.55. The van der Waals surface area contributed by atoms with E-state index in [4.69, 9.17) is 26.3 Å². The molecule has 0 spiro atoms. The van der Waals surface area contributed by atoms with Gasteiger partial charge >= 0.3 is 0 Å². The van der Waals surface area contributed by atoms with Gasteiger partial charge in [0.15, 0.2) is 16.9 Å². The van der Waals surface area contributed by atoms with Crippen molar-refractivity contribution in [3.63, 3.8) is 0 Å². The smallest absolute Gasteiger partial charge is 0.251 e. The van der Waals surface area contributed by atoms with Crippen LogP contribution in [0.1, 0.15) is 0 Å². The minimum atomic E-state index is -0.345. The van der Waals surface area contributed by atoms with E-state index in [1.54, 1.807) is 18.3 Å². The van der Waals surface area contributed by atoms with Gasteiger partial charge in [-0.25, -0.2) is 9.97 Å². The Morgan fingerprint density at radius 1 is 1.00 bits per heavy atom. The summed E-state index contributed by atoms with van der Waals surface area (Å²) < 4.78 is 5.47. The van der Waals surface area contributed by atoms with Crippen LogP contribution in [-0.4, -0.2) is 26.5 Å². The number of pyridine rings is 2. The topological polar surface area (TPSA) is 80.8 Å². The second-order valence-electron chi connectivity index (χ2n) is 7.10. The molecule has 2 aromatic carbocycles. The lowest BCUT2D eigenvalue weighted by atomic mass is 10.0. The maximum Gasteiger partial charge on any atom is 0.251 e. The normalized spacial score (nSPS) is 11.0. The molecule has 156 valence electrons. The van der Waals surface area contributed by atoms with Gasteiger partial charge in [0.25, 0.3) is 5.43 Å². The summed E-state index contributed by atoms with van der Waals surface area (Å²) in [5.74, 6) is 0.158. The quantitative estimate of drug-likeness (QED) is 0.369. The lowest BCUT2D eigenvalue weighted by molar-refractivity contribution is 0.359. The molecule has 0 atom stereocenters. The summed E-state index contributed by atoms with van der Waals surface area (Å²) in [5, 5.41) is 1.36. The molecule has 6 nitrogen and oxygen atoms in total. The third kappa shape index (κ3) is 3.50. The second-order valence-corrected chi connectivity index (χ2v) is 7.51. The van der Waals surface area contributed by atoms with Gasteiger partial charge in [-0.05, 0) is 18.2 Å². The highest BCUT2D eigenvalue weighted by Gasteiger charge is 2.18. The molecule has 0 saturated carbocycles. The molecule has 0 bridgehead atoms. The highest BCUT2D eigenvalue weighted by Crippen LogP contribution is 2.34. The number of aromatic nitrogens is 4. The Morgan fingerprint density at radius 3 is 2.62 bits per heavy atom. The van der Waals surface area contributed by atoms with Crippen LogP contribution in [0.15, 0.2) is 84.4 Å². The van der Waals surface area contributed by atoms with Crippen molar-refractivity contribution in [1.82, 2.24) is 19.9 Å². The van der Waals surface area contributed by atoms with E-state index in [-0.39, 0.29) is 23.3 Å². The van der Waals surface area contributed by atoms with E-state index in [1.807, 2.05) is 48.5 Å². The number of aromatic amines is 1. The summed E-state index contributed by atoms with van der Waals surface area (Å²) in [6, 6.07) is 17.2. The maximum atomic E-state index is 13.0. The van der Waals surface area contributed by atoms with Crippen LogP contribution in [-0.2, 0) is 0 Å². The first-order valence-electron chi connectivity index (χ1n) is 9.93. The lowest BCUT2D eigenvalue weighted by Gasteiger charge is -2.12. The molecule has 0 aliphatic carbocycles. The molecule has 5 aromatic rings. The molecule has 0 unspecified atom stereocenters. The van der Waals surface area contributed by atoms with Crippen LogP contribution in [0, 0.1) is 0 Å². The van der Waals surface area contributed by atoms with Crippen molar-refractivity contribution in [3.8, 4) is 28.3 Å². The van der Waals surface area contributed by atoms with Crippen LogP contribution in [0.3, 0.4) is 0 Å². The summed E-state index contributed by atoms with van der Waals surface area (Å²) in [5.41, 5.74) is 3.69. The first kappa shape index (κ1) is 19.9. The fraction of sp³-hybridized carbons (Fsp3) is 0.0400. The van der Waals surface area contributed by atoms with Crippen LogP contribution in [0.4, 0.5) is 0 Å². The number of benzene rings is 2. The molecular formula is C25H17ClN4O2. The van der Waals surface area contributed by atoms with Gasteiger partial charge in [-0.2, -0.15) is 0 Å².